The molecular formula is C21H36N4O. The maximum Gasteiger partial charge on any atom is 0.191 e. The van der Waals surface area contributed by atoms with Gasteiger partial charge in [-0.2, -0.15) is 0 Å². The number of nitrogens with one attached hydrogen (secondary N) is 2. The van der Waals surface area contributed by atoms with E-state index in [-0.39, 0.29) is 0 Å². The first-order chi connectivity index (χ1) is 12.8. The molecule has 0 atom stereocenters. The number of ether oxygens (including phenoxy) is 1. The predicted molar refractivity (Wildman–Crippen MR) is 109 cm³/mol. The van der Waals surface area contributed by atoms with E-state index in [0.717, 1.165) is 51.9 Å². The maximum absolute atomic E-state index is 5.41. The highest BCUT2D eigenvalue weighted by Gasteiger charge is 2.10. The second-order valence-corrected chi connectivity index (χ2v) is 6.89. The summed E-state index contributed by atoms with van der Waals surface area (Å²) in [6.45, 7) is 11.7. The predicted octanol–water partition coefficient (Wildman–Crippen LogP) is 3.15. The Balaban J connectivity index is 1.78. The zero-order chi connectivity index (χ0) is 18.5. The molecule has 0 amide bonds. The van der Waals surface area contributed by atoms with Crippen LogP contribution in [0.3, 0.4) is 0 Å². The van der Waals surface area contributed by atoms with Crippen molar-refractivity contribution in [2.45, 2.75) is 52.6 Å². The van der Waals surface area contributed by atoms with Crippen LogP contribution in [0.4, 0.5) is 0 Å². The van der Waals surface area contributed by atoms with Gasteiger partial charge in [-0.05, 0) is 24.5 Å². The van der Waals surface area contributed by atoms with Gasteiger partial charge >= 0.3 is 0 Å². The van der Waals surface area contributed by atoms with Crippen molar-refractivity contribution in [1.29, 1.82) is 0 Å². The van der Waals surface area contributed by atoms with Gasteiger partial charge in [-0.15, -0.1) is 0 Å². The lowest BCUT2D eigenvalue weighted by Crippen LogP contribution is -2.37. The van der Waals surface area contributed by atoms with Crippen LogP contribution in [0.5, 0.6) is 0 Å². The fourth-order valence-corrected chi connectivity index (χ4v) is 3.04. The first-order valence-electron chi connectivity index (χ1n) is 10.2. The van der Waals surface area contributed by atoms with Gasteiger partial charge in [-0.25, -0.2) is 4.99 Å². The van der Waals surface area contributed by atoms with E-state index < -0.39 is 0 Å². The molecule has 1 aliphatic heterocycles. The third-order valence-corrected chi connectivity index (χ3v) is 4.62. The minimum atomic E-state index is 0.710. The zero-order valence-corrected chi connectivity index (χ0v) is 16.6. The Labute approximate surface area is 159 Å². The van der Waals surface area contributed by atoms with Gasteiger partial charge in [-0.3, -0.25) is 4.90 Å². The molecule has 0 spiro atoms. The zero-order valence-electron chi connectivity index (χ0n) is 16.6. The lowest BCUT2D eigenvalue weighted by Gasteiger charge is -2.26. The molecule has 0 unspecified atom stereocenters. The minimum absolute atomic E-state index is 0.710. The molecule has 1 aliphatic rings. The van der Waals surface area contributed by atoms with Crippen LogP contribution in [0, 0.1) is 0 Å². The summed E-state index contributed by atoms with van der Waals surface area (Å²) in [6, 6.07) is 8.85. The number of benzene rings is 1. The van der Waals surface area contributed by atoms with Gasteiger partial charge in [0, 0.05) is 32.7 Å². The van der Waals surface area contributed by atoms with Crippen molar-refractivity contribution in [2.75, 3.05) is 39.4 Å². The molecule has 0 aromatic heterocycles. The number of aliphatic imine (C=N–C) groups is 1. The molecule has 0 aliphatic carbocycles. The Hall–Kier alpha value is -1.59. The summed E-state index contributed by atoms with van der Waals surface area (Å²) in [5.41, 5.74) is 2.61. The van der Waals surface area contributed by atoms with Crippen molar-refractivity contribution in [3.63, 3.8) is 0 Å². The lowest BCUT2D eigenvalue weighted by atomic mass is 10.1. The van der Waals surface area contributed by atoms with Crippen molar-refractivity contribution in [3.8, 4) is 0 Å². The smallest absolute Gasteiger partial charge is 0.191 e. The monoisotopic (exact) mass is 360 g/mol. The van der Waals surface area contributed by atoms with E-state index in [0.29, 0.717) is 6.54 Å². The highest BCUT2D eigenvalue weighted by molar-refractivity contribution is 5.79. The molecule has 0 radical (unpaired) electrons. The molecule has 1 aromatic carbocycles. The fraction of sp³-hybridized carbons (Fsp3) is 0.667. The third-order valence-electron chi connectivity index (χ3n) is 4.62. The van der Waals surface area contributed by atoms with E-state index in [1.807, 2.05) is 0 Å². The average molecular weight is 361 g/mol. The van der Waals surface area contributed by atoms with Crippen molar-refractivity contribution in [1.82, 2.24) is 15.5 Å². The molecule has 1 fully saturated rings. The molecule has 0 bridgehead atoms. The molecule has 5 nitrogen and oxygen atoms in total. The molecule has 1 saturated heterocycles. The number of nitrogens with zero attached hydrogens (tertiary/aromatic N) is 2. The second kappa shape index (κ2) is 12.7. The molecular weight excluding hydrogens is 324 g/mol. The summed E-state index contributed by atoms with van der Waals surface area (Å²) in [6.07, 6.45) is 5.07. The molecule has 5 heteroatoms. The van der Waals surface area contributed by atoms with Gasteiger partial charge in [-0.1, -0.05) is 50.5 Å². The van der Waals surface area contributed by atoms with E-state index in [4.69, 9.17) is 9.73 Å². The normalized spacial score (nSPS) is 15.8. The van der Waals surface area contributed by atoms with E-state index in [9.17, 15) is 0 Å². The topological polar surface area (TPSA) is 48.9 Å². The summed E-state index contributed by atoms with van der Waals surface area (Å²) in [5, 5.41) is 6.77. The number of guanidine groups is 1. The van der Waals surface area contributed by atoms with Crippen LogP contribution in [-0.4, -0.2) is 50.3 Å². The minimum Gasteiger partial charge on any atom is -0.379 e. The fourth-order valence-electron chi connectivity index (χ4n) is 3.04. The van der Waals surface area contributed by atoms with E-state index in [2.05, 4.69) is 53.6 Å². The van der Waals surface area contributed by atoms with Crippen LogP contribution >= 0.6 is 0 Å². The summed E-state index contributed by atoms with van der Waals surface area (Å²) in [5.74, 6) is 0.918. The second-order valence-electron chi connectivity index (χ2n) is 6.89. The maximum atomic E-state index is 5.41. The number of unbranched alkanes of at least 4 members (excludes halogenated alkanes) is 3. The third kappa shape index (κ3) is 8.19. The van der Waals surface area contributed by atoms with Crippen LogP contribution in [0.2, 0.25) is 0 Å². The van der Waals surface area contributed by atoms with Gasteiger partial charge in [0.15, 0.2) is 5.96 Å². The summed E-state index contributed by atoms with van der Waals surface area (Å²) >= 11 is 0. The first kappa shape index (κ1) is 20.7. The molecule has 146 valence electrons. The summed E-state index contributed by atoms with van der Waals surface area (Å²) in [4.78, 5) is 7.16. The van der Waals surface area contributed by atoms with Gasteiger partial charge in [0.05, 0.1) is 19.8 Å². The van der Waals surface area contributed by atoms with Gasteiger partial charge in [0.1, 0.15) is 0 Å². The number of hydrogen-bond acceptors (Lipinski definition) is 3. The highest BCUT2D eigenvalue weighted by Crippen LogP contribution is 2.10. The summed E-state index contributed by atoms with van der Waals surface area (Å²) in [7, 11) is 0. The molecule has 2 rings (SSSR count). The summed E-state index contributed by atoms with van der Waals surface area (Å²) < 4.78 is 5.41. The quantitative estimate of drug-likeness (QED) is 0.382. The SMILES string of the molecule is CCCCCCNC(=NCc1ccc(CN2CCOCC2)cc1)NCC. The number of morpholine rings is 1. The van der Waals surface area contributed by atoms with E-state index in [1.54, 1.807) is 0 Å². The number of hydrogen-bond donors (Lipinski definition) is 2. The van der Waals surface area contributed by atoms with Crippen LogP contribution in [0.1, 0.15) is 50.7 Å². The van der Waals surface area contributed by atoms with Crippen molar-refractivity contribution < 1.29 is 4.74 Å². The lowest BCUT2D eigenvalue weighted by molar-refractivity contribution is 0.0342. The van der Waals surface area contributed by atoms with Crippen LogP contribution in [0.25, 0.3) is 0 Å². The molecule has 1 aromatic rings. The van der Waals surface area contributed by atoms with Crippen LogP contribution < -0.4 is 10.6 Å². The Kier molecular flexibility index (Phi) is 10.1. The van der Waals surface area contributed by atoms with Crippen LogP contribution in [-0.2, 0) is 17.8 Å². The molecule has 1 heterocycles. The molecule has 26 heavy (non-hydrogen) atoms. The van der Waals surface area contributed by atoms with Gasteiger partial charge < -0.3 is 15.4 Å². The molecule has 2 N–H and O–H groups in total. The van der Waals surface area contributed by atoms with Crippen LogP contribution in [0.15, 0.2) is 29.3 Å². The Morgan fingerprint density at radius 2 is 1.73 bits per heavy atom. The van der Waals surface area contributed by atoms with Crippen molar-refractivity contribution in [3.05, 3.63) is 35.4 Å². The van der Waals surface area contributed by atoms with Crippen molar-refractivity contribution >= 4 is 5.96 Å². The molecule has 0 saturated carbocycles. The van der Waals surface area contributed by atoms with E-state index in [1.165, 1.54) is 36.8 Å². The Morgan fingerprint density at radius 1 is 1.00 bits per heavy atom. The van der Waals surface area contributed by atoms with Crippen molar-refractivity contribution in [2.24, 2.45) is 4.99 Å². The first-order valence-corrected chi connectivity index (χ1v) is 10.2. The van der Waals surface area contributed by atoms with E-state index >= 15 is 0 Å². The van der Waals surface area contributed by atoms with Gasteiger partial charge in [0.2, 0.25) is 0 Å². The number of rotatable bonds is 10. The average Bonchev–Trinajstić information content (AvgIpc) is 2.68. The Bertz CT molecular complexity index is 509. The van der Waals surface area contributed by atoms with Gasteiger partial charge in [0.25, 0.3) is 0 Å². The largest absolute Gasteiger partial charge is 0.379 e. The standard InChI is InChI=1S/C21H36N4O/c1-3-5-6-7-12-23-21(22-4-2)24-17-19-8-10-20(11-9-19)18-25-13-15-26-16-14-25/h8-11H,3-7,12-18H2,1-2H3,(H2,22,23,24). The highest BCUT2D eigenvalue weighted by atomic mass is 16.5. The Morgan fingerprint density at radius 3 is 2.42 bits per heavy atom.